The Hall–Kier alpha value is -2.85. The number of likely N-dealkylation sites (N-methyl/N-ethyl adjacent to an activating group) is 1. The molecule has 4 rings (SSSR count). The Morgan fingerprint density at radius 2 is 1.97 bits per heavy atom. The van der Waals surface area contributed by atoms with Crippen LogP contribution in [0.25, 0.3) is 22.5 Å². The molecule has 9 nitrogen and oxygen atoms in total. The highest BCUT2D eigenvalue weighted by atomic mass is 32.2. The van der Waals surface area contributed by atoms with Gasteiger partial charge in [-0.3, -0.25) is 0 Å². The first-order chi connectivity index (χ1) is 14.4. The van der Waals surface area contributed by atoms with Crippen molar-refractivity contribution in [2.45, 2.75) is 17.7 Å². The summed E-state index contributed by atoms with van der Waals surface area (Å²) in [5.74, 6) is 1.18. The van der Waals surface area contributed by atoms with Gasteiger partial charge in [-0.2, -0.15) is 0 Å². The Labute approximate surface area is 176 Å². The summed E-state index contributed by atoms with van der Waals surface area (Å²) in [4.78, 5) is 9.39. The fourth-order valence-corrected chi connectivity index (χ4v) is 4.68. The van der Waals surface area contributed by atoms with Crippen LogP contribution in [0.5, 0.6) is 0 Å². The highest BCUT2D eigenvalue weighted by Gasteiger charge is 2.21. The molecule has 1 aliphatic rings. The Morgan fingerprint density at radius 1 is 1.17 bits per heavy atom. The van der Waals surface area contributed by atoms with Gasteiger partial charge in [-0.15, -0.1) is 5.10 Å². The minimum absolute atomic E-state index is 0.172. The standard InChI is InChI=1S/C20H25N7O2S/c1-26(12-13-27-10-3-4-11-27)18-9-8-15(14-21-18)16-6-5-7-17(30(2,28)29)19(16)20-22-24-25-23-20/h5-9,14H,3-4,10-13H2,1-2H3,(H,22,23,24,25). The number of sulfone groups is 1. The summed E-state index contributed by atoms with van der Waals surface area (Å²) in [7, 11) is -1.44. The quantitative estimate of drug-likeness (QED) is 0.609. The molecule has 1 fully saturated rings. The molecule has 0 aliphatic carbocycles. The van der Waals surface area contributed by atoms with Gasteiger partial charge >= 0.3 is 0 Å². The molecule has 0 radical (unpaired) electrons. The number of pyridine rings is 1. The van der Waals surface area contributed by atoms with Crippen molar-refractivity contribution in [1.82, 2.24) is 30.5 Å². The number of anilines is 1. The molecule has 1 aromatic carbocycles. The highest BCUT2D eigenvalue weighted by molar-refractivity contribution is 7.90. The average Bonchev–Trinajstić information content (AvgIpc) is 3.45. The van der Waals surface area contributed by atoms with E-state index in [1.165, 1.54) is 32.2 Å². The van der Waals surface area contributed by atoms with Crippen LogP contribution in [0.15, 0.2) is 41.4 Å². The summed E-state index contributed by atoms with van der Waals surface area (Å²) in [6.07, 6.45) is 5.50. The van der Waals surface area contributed by atoms with Crippen molar-refractivity contribution in [3.05, 3.63) is 36.5 Å². The second-order valence-corrected chi connectivity index (χ2v) is 9.56. The van der Waals surface area contributed by atoms with Crippen molar-refractivity contribution in [2.75, 3.05) is 44.4 Å². The molecule has 0 saturated carbocycles. The van der Waals surface area contributed by atoms with Gasteiger partial charge < -0.3 is 9.80 Å². The molecule has 0 bridgehead atoms. The Balaban J connectivity index is 1.63. The van der Waals surface area contributed by atoms with Crippen molar-refractivity contribution in [3.63, 3.8) is 0 Å². The first-order valence-corrected chi connectivity index (χ1v) is 11.8. The minimum atomic E-state index is -3.48. The van der Waals surface area contributed by atoms with Crippen LogP contribution in [0.1, 0.15) is 12.8 Å². The van der Waals surface area contributed by atoms with Crippen LogP contribution in [0, 0.1) is 0 Å². The lowest BCUT2D eigenvalue weighted by Gasteiger charge is -2.22. The number of rotatable bonds is 7. The van der Waals surface area contributed by atoms with Crippen LogP contribution in [0.4, 0.5) is 5.82 Å². The molecule has 1 saturated heterocycles. The first-order valence-electron chi connectivity index (χ1n) is 9.90. The van der Waals surface area contributed by atoms with Crippen molar-refractivity contribution >= 4 is 15.7 Å². The van der Waals surface area contributed by atoms with Gasteiger partial charge in [0.1, 0.15) is 5.82 Å². The summed E-state index contributed by atoms with van der Waals surface area (Å²) in [5.41, 5.74) is 1.95. The predicted octanol–water partition coefficient (Wildman–Crippen LogP) is 1.86. The van der Waals surface area contributed by atoms with Gasteiger partial charge in [-0.25, -0.2) is 18.5 Å². The largest absolute Gasteiger partial charge is 0.358 e. The molecule has 30 heavy (non-hydrogen) atoms. The third-order valence-corrected chi connectivity index (χ3v) is 6.55. The van der Waals surface area contributed by atoms with Crippen molar-refractivity contribution in [3.8, 4) is 22.5 Å². The number of likely N-dealkylation sites (tertiary alicyclic amines) is 1. The van der Waals surface area contributed by atoms with E-state index in [-0.39, 0.29) is 4.90 Å². The summed E-state index contributed by atoms with van der Waals surface area (Å²) in [5, 5.41) is 13.8. The van der Waals surface area contributed by atoms with Gasteiger partial charge in [0.25, 0.3) is 0 Å². The molecular weight excluding hydrogens is 402 g/mol. The van der Waals surface area contributed by atoms with E-state index in [1.54, 1.807) is 18.3 Å². The number of benzene rings is 1. The van der Waals surface area contributed by atoms with E-state index >= 15 is 0 Å². The van der Waals surface area contributed by atoms with E-state index in [1.807, 2.05) is 25.2 Å². The number of nitrogens with one attached hydrogen (secondary N) is 1. The van der Waals surface area contributed by atoms with Crippen LogP contribution in [-0.4, -0.2) is 78.4 Å². The van der Waals surface area contributed by atoms with Gasteiger partial charge in [0.2, 0.25) is 0 Å². The fourth-order valence-electron chi connectivity index (χ4n) is 3.77. The van der Waals surface area contributed by atoms with E-state index in [2.05, 4.69) is 35.4 Å². The zero-order valence-corrected chi connectivity index (χ0v) is 17.9. The SMILES string of the molecule is CN(CCN1CCCC1)c1ccc(-c2cccc(S(C)(=O)=O)c2-c2nnn[nH]2)cn1. The molecule has 3 heterocycles. The normalized spacial score (nSPS) is 14.9. The highest BCUT2D eigenvalue weighted by Crippen LogP contribution is 2.35. The van der Waals surface area contributed by atoms with Gasteiger partial charge in [0.15, 0.2) is 15.7 Å². The van der Waals surface area contributed by atoms with E-state index in [0.717, 1.165) is 24.5 Å². The predicted molar refractivity (Wildman–Crippen MR) is 115 cm³/mol. The smallest absolute Gasteiger partial charge is 0.181 e. The molecule has 2 aromatic heterocycles. The zero-order chi connectivity index (χ0) is 21.1. The summed E-state index contributed by atoms with van der Waals surface area (Å²) in [6, 6.07) is 9.03. The number of tetrazole rings is 1. The van der Waals surface area contributed by atoms with Crippen LogP contribution in [0.2, 0.25) is 0 Å². The molecule has 0 amide bonds. The van der Waals surface area contributed by atoms with Gasteiger partial charge in [-0.1, -0.05) is 12.1 Å². The molecule has 0 atom stereocenters. The molecule has 3 aromatic rings. The van der Waals surface area contributed by atoms with E-state index in [0.29, 0.717) is 17.0 Å². The second kappa shape index (κ2) is 8.49. The van der Waals surface area contributed by atoms with Crippen LogP contribution < -0.4 is 4.90 Å². The van der Waals surface area contributed by atoms with Gasteiger partial charge in [0.05, 0.1) is 4.90 Å². The number of aromatic amines is 1. The lowest BCUT2D eigenvalue weighted by molar-refractivity contribution is 0.346. The molecule has 10 heteroatoms. The maximum absolute atomic E-state index is 12.3. The monoisotopic (exact) mass is 427 g/mol. The van der Waals surface area contributed by atoms with E-state index < -0.39 is 9.84 Å². The number of nitrogens with zero attached hydrogens (tertiary/aromatic N) is 6. The summed E-state index contributed by atoms with van der Waals surface area (Å²) < 4.78 is 24.7. The molecule has 0 unspecified atom stereocenters. The Morgan fingerprint density at radius 3 is 2.60 bits per heavy atom. The van der Waals surface area contributed by atoms with Crippen LogP contribution in [-0.2, 0) is 9.84 Å². The maximum Gasteiger partial charge on any atom is 0.181 e. The topological polar surface area (TPSA) is 108 Å². The first kappa shape index (κ1) is 20.4. The number of aromatic nitrogens is 5. The summed E-state index contributed by atoms with van der Waals surface area (Å²) >= 11 is 0. The number of H-pyrrole nitrogens is 1. The fraction of sp³-hybridized carbons (Fsp3) is 0.400. The zero-order valence-electron chi connectivity index (χ0n) is 17.1. The van der Waals surface area contributed by atoms with Crippen molar-refractivity contribution in [2.24, 2.45) is 0 Å². The third kappa shape index (κ3) is 4.34. The maximum atomic E-state index is 12.3. The summed E-state index contributed by atoms with van der Waals surface area (Å²) in [6.45, 7) is 4.29. The van der Waals surface area contributed by atoms with Crippen LogP contribution >= 0.6 is 0 Å². The van der Waals surface area contributed by atoms with Gasteiger partial charge in [-0.05, 0) is 60.1 Å². The van der Waals surface area contributed by atoms with E-state index in [9.17, 15) is 8.42 Å². The van der Waals surface area contributed by atoms with Crippen molar-refractivity contribution < 1.29 is 8.42 Å². The number of hydrogen-bond acceptors (Lipinski definition) is 8. The van der Waals surface area contributed by atoms with Crippen molar-refractivity contribution in [1.29, 1.82) is 0 Å². The molecule has 0 spiro atoms. The molecule has 1 aliphatic heterocycles. The van der Waals surface area contributed by atoms with E-state index in [4.69, 9.17) is 0 Å². The van der Waals surface area contributed by atoms with Gasteiger partial charge in [0, 0.05) is 43.7 Å². The molecular formula is C20H25N7O2S. The van der Waals surface area contributed by atoms with Crippen LogP contribution in [0.3, 0.4) is 0 Å². The lowest BCUT2D eigenvalue weighted by atomic mass is 10.0. The minimum Gasteiger partial charge on any atom is -0.358 e. The number of hydrogen-bond donors (Lipinski definition) is 1. The average molecular weight is 428 g/mol. The Kier molecular flexibility index (Phi) is 5.78. The Bertz CT molecular complexity index is 1090. The lowest BCUT2D eigenvalue weighted by Crippen LogP contribution is -2.31. The third-order valence-electron chi connectivity index (χ3n) is 5.41. The molecule has 1 N–H and O–H groups in total. The second-order valence-electron chi connectivity index (χ2n) is 7.58. The molecule has 158 valence electrons.